The zero-order chi connectivity index (χ0) is 21.1. The van der Waals surface area contributed by atoms with Crippen LogP contribution in [0, 0.1) is 0 Å². The van der Waals surface area contributed by atoms with Crippen LogP contribution in [0.25, 0.3) is 6.08 Å². The van der Waals surface area contributed by atoms with E-state index in [1.54, 1.807) is 37.3 Å². The standard InChI is InChI=1S/C21H20BrN3O4/c1-4-29-21(28)14-6-8-15(9-7-14)25-20(27)16(19(26)23-25)11-13-5-10-18(24(2)3)17(22)12-13/h5-12H,4H2,1-3H3,(H,23,26). The van der Waals surface area contributed by atoms with E-state index in [1.165, 1.54) is 0 Å². The first-order valence-corrected chi connectivity index (χ1v) is 9.72. The van der Waals surface area contributed by atoms with E-state index >= 15 is 0 Å². The van der Waals surface area contributed by atoms with Crippen molar-refractivity contribution in [2.45, 2.75) is 6.92 Å². The molecule has 1 heterocycles. The Balaban J connectivity index is 1.83. The van der Waals surface area contributed by atoms with E-state index in [9.17, 15) is 14.4 Å². The second-order valence-electron chi connectivity index (χ2n) is 6.51. The summed E-state index contributed by atoms with van der Waals surface area (Å²) >= 11 is 3.50. The quantitative estimate of drug-likeness (QED) is 0.423. The number of hydrazine groups is 1. The lowest BCUT2D eigenvalue weighted by Gasteiger charge is -2.15. The number of carbonyl (C=O) groups is 3. The van der Waals surface area contributed by atoms with Crippen molar-refractivity contribution >= 4 is 51.2 Å². The van der Waals surface area contributed by atoms with Gasteiger partial charge in [-0.15, -0.1) is 0 Å². The van der Waals surface area contributed by atoms with E-state index in [0.29, 0.717) is 11.3 Å². The third-order valence-corrected chi connectivity index (χ3v) is 4.93. The van der Waals surface area contributed by atoms with Gasteiger partial charge in [-0.25, -0.2) is 9.80 Å². The minimum atomic E-state index is -0.489. The summed E-state index contributed by atoms with van der Waals surface area (Å²) in [6.45, 7) is 2.01. The highest BCUT2D eigenvalue weighted by atomic mass is 79.9. The van der Waals surface area contributed by atoms with Crippen molar-refractivity contribution in [1.82, 2.24) is 5.43 Å². The Morgan fingerprint density at radius 3 is 2.45 bits per heavy atom. The highest BCUT2D eigenvalue weighted by Gasteiger charge is 2.34. The molecule has 1 N–H and O–H groups in total. The second kappa shape index (κ2) is 8.48. The van der Waals surface area contributed by atoms with Crippen LogP contribution in [-0.4, -0.2) is 38.5 Å². The number of benzene rings is 2. The Hall–Kier alpha value is -3.13. The molecular weight excluding hydrogens is 438 g/mol. The molecule has 0 aromatic heterocycles. The predicted molar refractivity (Wildman–Crippen MR) is 114 cm³/mol. The van der Waals surface area contributed by atoms with Crippen LogP contribution in [0.3, 0.4) is 0 Å². The number of rotatable bonds is 5. The first-order valence-electron chi connectivity index (χ1n) is 8.93. The Labute approximate surface area is 177 Å². The van der Waals surface area contributed by atoms with E-state index in [1.807, 2.05) is 37.2 Å². The molecule has 0 saturated carbocycles. The van der Waals surface area contributed by atoms with Crippen LogP contribution in [0.15, 0.2) is 52.5 Å². The van der Waals surface area contributed by atoms with Crippen molar-refractivity contribution in [3.8, 4) is 0 Å². The summed E-state index contributed by atoms with van der Waals surface area (Å²) in [5.74, 6) is -1.40. The fraction of sp³-hybridized carbons (Fsp3) is 0.190. The van der Waals surface area contributed by atoms with Crippen LogP contribution in [0.4, 0.5) is 11.4 Å². The number of anilines is 2. The number of ether oxygens (including phenoxy) is 1. The van der Waals surface area contributed by atoms with Crippen molar-refractivity contribution < 1.29 is 19.1 Å². The van der Waals surface area contributed by atoms with Gasteiger partial charge in [-0.05, 0) is 70.9 Å². The number of halogens is 1. The lowest BCUT2D eigenvalue weighted by atomic mass is 10.1. The molecule has 0 aliphatic carbocycles. The maximum Gasteiger partial charge on any atom is 0.338 e. The summed E-state index contributed by atoms with van der Waals surface area (Å²) in [6, 6.07) is 11.8. The minimum Gasteiger partial charge on any atom is -0.462 e. The molecule has 2 aromatic carbocycles. The van der Waals surface area contributed by atoms with E-state index in [4.69, 9.17) is 4.74 Å². The molecule has 1 fully saturated rings. The zero-order valence-corrected chi connectivity index (χ0v) is 17.8. The number of hydrogen-bond acceptors (Lipinski definition) is 5. The van der Waals surface area contributed by atoms with Crippen LogP contribution in [0.1, 0.15) is 22.8 Å². The normalized spacial score (nSPS) is 14.9. The summed E-state index contributed by atoms with van der Waals surface area (Å²) in [5.41, 5.74) is 5.11. The van der Waals surface area contributed by atoms with E-state index in [-0.39, 0.29) is 12.2 Å². The van der Waals surface area contributed by atoms with Gasteiger partial charge in [0.15, 0.2) is 0 Å². The molecule has 0 radical (unpaired) electrons. The molecule has 0 bridgehead atoms. The van der Waals surface area contributed by atoms with Gasteiger partial charge in [0.25, 0.3) is 11.8 Å². The Morgan fingerprint density at radius 1 is 1.17 bits per heavy atom. The molecule has 1 aliphatic rings. The van der Waals surface area contributed by atoms with Gasteiger partial charge in [0, 0.05) is 18.6 Å². The lowest BCUT2D eigenvalue weighted by molar-refractivity contribution is -0.117. The largest absolute Gasteiger partial charge is 0.462 e. The lowest BCUT2D eigenvalue weighted by Crippen LogP contribution is -2.35. The molecule has 8 heteroatoms. The number of amides is 2. The monoisotopic (exact) mass is 457 g/mol. The molecule has 2 amide bonds. The Bertz CT molecular complexity index is 999. The molecule has 7 nitrogen and oxygen atoms in total. The fourth-order valence-corrected chi connectivity index (χ4v) is 3.59. The van der Waals surface area contributed by atoms with Gasteiger partial charge in [-0.1, -0.05) is 6.07 Å². The molecule has 29 heavy (non-hydrogen) atoms. The number of nitrogens with zero attached hydrogens (tertiary/aromatic N) is 2. The van der Waals surface area contributed by atoms with Crippen LogP contribution in [0.2, 0.25) is 0 Å². The van der Waals surface area contributed by atoms with Gasteiger partial charge in [-0.3, -0.25) is 15.0 Å². The van der Waals surface area contributed by atoms with Gasteiger partial charge in [0.05, 0.1) is 23.5 Å². The Kier molecular flexibility index (Phi) is 6.03. The topological polar surface area (TPSA) is 79.0 Å². The van der Waals surface area contributed by atoms with E-state index in [2.05, 4.69) is 21.4 Å². The van der Waals surface area contributed by atoms with Crippen molar-refractivity contribution in [3.63, 3.8) is 0 Å². The molecule has 0 unspecified atom stereocenters. The Morgan fingerprint density at radius 2 is 1.86 bits per heavy atom. The average Bonchev–Trinajstić information content (AvgIpc) is 2.96. The molecule has 0 spiro atoms. The van der Waals surface area contributed by atoms with Gasteiger partial charge in [0.2, 0.25) is 0 Å². The van der Waals surface area contributed by atoms with Crippen LogP contribution >= 0.6 is 15.9 Å². The molecule has 0 atom stereocenters. The third-order valence-electron chi connectivity index (χ3n) is 4.29. The molecule has 150 valence electrons. The van der Waals surface area contributed by atoms with Crippen LogP contribution in [0.5, 0.6) is 0 Å². The molecule has 2 aromatic rings. The van der Waals surface area contributed by atoms with Crippen molar-refractivity contribution in [3.05, 3.63) is 63.6 Å². The highest BCUT2D eigenvalue weighted by Crippen LogP contribution is 2.28. The number of esters is 1. The maximum absolute atomic E-state index is 12.8. The summed E-state index contributed by atoms with van der Waals surface area (Å²) in [7, 11) is 3.86. The van der Waals surface area contributed by atoms with Gasteiger partial charge in [-0.2, -0.15) is 0 Å². The first kappa shape index (κ1) is 20.6. The third kappa shape index (κ3) is 4.32. The number of nitrogens with one attached hydrogen (secondary N) is 1. The molecule has 3 rings (SSSR count). The second-order valence-corrected chi connectivity index (χ2v) is 7.37. The summed E-state index contributed by atoms with van der Waals surface area (Å²) in [6.07, 6.45) is 1.55. The fourth-order valence-electron chi connectivity index (χ4n) is 2.84. The average molecular weight is 458 g/mol. The van der Waals surface area contributed by atoms with E-state index in [0.717, 1.165) is 20.7 Å². The van der Waals surface area contributed by atoms with Crippen LogP contribution < -0.4 is 15.3 Å². The SMILES string of the molecule is CCOC(=O)c1ccc(N2NC(=O)C(=Cc3ccc(N(C)C)c(Br)c3)C2=O)cc1. The van der Waals surface area contributed by atoms with E-state index < -0.39 is 17.8 Å². The first-order chi connectivity index (χ1) is 13.8. The van der Waals surface area contributed by atoms with Crippen LogP contribution in [-0.2, 0) is 14.3 Å². The number of carbonyl (C=O) groups excluding carboxylic acids is 3. The summed E-state index contributed by atoms with van der Waals surface area (Å²) in [4.78, 5) is 38.8. The smallest absolute Gasteiger partial charge is 0.338 e. The zero-order valence-electron chi connectivity index (χ0n) is 16.2. The summed E-state index contributed by atoms with van der Waals surface area (Å²) in [5, 5.41) is 1.16. The van der Waals surface area contributed by atoms with Gasteiger partial charge < -0.3 is 9.64 Å². The molecule has 1 aliphatic heterocycles. The van der Waals surface area contributed by atoms with Gasteiger partial charge >= 0.3 is 5.97 Å². The van der Waals surface area contributed by atoms with Gasteiger partial charge in [0.1, 0.15) is 5.57 Å². The summed E-state index contributed by atoms with van der Waals surface area (Å²) < 4.78 is 5.80. The highest BCUT2D eigenvalue weighted by molar-refractivity contribution is 9.10. The molecule has 1 saturated heterocycles. The van der Waals surface area contributed by atoms with Crippen molar-refractivity contribution in [2.75, 3.05) is 30.6 Å². The van der Waals surface area contributed by atoms with Crippen molar-refractivity contribution in [1.29, 1.82) is 0 Å². The maximum atomic E-state index is 12.8. The number of hydrogen-bond donors (Lipinski definition) is 1. The molecular formula is C21H20BrN3O4. The van der Waals surface area contributed by atoms with Crippen molar-refractivity contribution in [2.24, 2.45) is 0 Å². The minimum absolute atomic E-state index is 0.0315. The predicted octanol–water partition coefficient (Wildman–Crippen LogP) is 3.15.